The van der Waals surface area contributed by atoms with Crippen LogP contribution in [0.3, 0.4) is 0 Å². The summed E-state index contributed by atoms with van der Waals surface area (Å²) in [6.45, 7) is 12.5. The molecule has 2 aliphatic rings. The molecule has 0 spiro atoms. The highest BCUT2D eigenvalue weighted by atomic mass is 16.2. The van der Waals surface area contributed by atoms with E-state index in [0.29, 0.717) is 18.4 Å². The van der Waals surface area contributed by atoms with E-state index in [1.165, 1.54) is 0 Å². The van der Waals surface area contributed by atoms with Crippen LogP contribution in [-0.2, 0) is 0 Å². The molecule has 1 aromatic heterocycles. The van der Waals surface area contributed by atoms with Crippen molar-refractivity contribution in [2.45, 2.75) is 38.9 Å². The molecule has 25 heavy (non-hydrogen) atoms. The van der Waals surface area contributed by atoms with Gasteiger partial charge in [0.2, 0.25) is 0 Å². The highest BCUT2D eigenvalue weighted by molar-refractivity contribution is 6.04. The molecule has 2 amide bonds. The van der Waals surface area contributed by atoms with Crippen LogP contribution < -0.4 is 4.90 Å². The Hall–Kier alpha value is -2.61. The Bertz CT molecular complexity index is 845. The molecule has 1 unspecified atom stereocenters. The molecule has 4 rings (SSSR count). The second kappa shape index (κ2) is 6.03. The largest absolute Gasteiger partial charge is 0.331 e. The zero-order valence-corrected chi connectivity index (χ0v) is 14.6. The molecule has 5 heteroatoms. The topological polar surface area (TPSA) is 40.8 Å². The van der Waals surface area contributed by atoms with E-state index in [1.807, 2.05) is 29.2 Å². The third-order valence-electron chi connectivity index (χ3n) is 5.70. The Morgan fingerprint density at radius 3 is 2.72 bits per heavy atom. The predicted octanol–water partition coefficient (Wildman–Crippen LogP) is 4.16. The van der Waals surface area contributed by atoms with E-state index in [0.717, 1.165) is 29.3 Å². The van der Waals surface area contributed by atoms with E-state index in [-0.39, 0.29) is 12.1 Å². The van der Waals surface area contributed by atoms with Crippen molar-refractivity contribution in [1.29, 1.82) is 0 Å². The molecule has 0 radical (unpaired) electrons. The van der Waals surface area contributed by atoms with Crippen molar-refractivity contribution in [2.24, 2.45) is 11.8 Å². The van der Waals surface area contributed by atoms with Gasteiger partial charge in [0.1, 0.15) is 6.54 Å². The molecule has 2 heterocycles. The van der Waals surface area contributed by atoms with Gasteiger partial charge in [0, 0.05) is 23.0 Å². The number of nitrogens with zero attached hydrogens (tertiary/aromatic N) is 4. The maximum Gasteiger partial charge on any atom is 0.331 e. The molecule has 1 saturated heterocycles. The van der Waals surface area contributed by atoms with Crippen LogP contribution in [0.5, 0.6) is 0 Å². The summed E-state index contributed by atoms with van der Waals surface area (Å²) in [5.41, 5.74) is 0.742. The lowest BCUT2D eigenvalue weighted by Crippen LogP contribution is -2.48. The Labute approximate surface area is 148 Å². The molecule has 1 aliphatic carbocycles. The summed E-state index contributed by atoms with van der Waals surface area (Å²) in [6.07, 6.45) is 5.13. The molecule has 2 aromatic rings. The minimum absolute atomic E-state index is 0.0497. The fourth-order valence-corrected chi connectivity index (χ4v) is 3.99. The lowest BCUT2D eigenvalue weighted by molar-refractivity contribution is 0.0900. The Balaban J connectivity index is 1.65. The van der Waals surface area contributed by atoms with Crippen LogP contribution in [0, 0.1) is 18.4 Å². The quantitative estimate of drug-likeness (QED) is 0.791. The molecule has 5 nitrogen and oxygen atoms in total. The zero-order valence-electron chi connectivity index (χ0n) is 14.6. The average molecular weight is 334 g/mol. The Kier molecular flexibility index (Phi) is 3.84. The number of hydrogen-bond acceptors (Lipinski definition) is 2. The third kappa shape index (κ3) is 2.53. The van der Waals surface area contributed by atoms with Gasteiger partial charge in [-0.05, 0) is 24.7 Å². The van der Waals surface area contributed by atoms with E-state index < -0.39 is 6.17 Å². The van der Waals surface area contributed by atoms with Gasteiger partial charge in [-0.1, -0.05) is 38.1 Å². The van der Waals surface area contributed by atoms with Crippen molar-refractivity contribution < 1.29 is 4.79 Å². The SMILES string of the molecule is [C-]#[N+]C1CN(C2CC(C(C)C)C2)C(=O)N1c1cncc2ccccc12. The first-order valence-electron chi connectivity index (χ1n) is 8.89. The Morgan fingerprint density at radius 1 is 1.24 bits per heavy atom. The fourth-order valence-electron chi connectivity index (χ4n) is 3.99. The smallest absolute Gasteiger partial charge is 0.311 e. The van der Waals surface area contributed by atoms with Crippen LogP contribution in [-0.4, -0.2) is 34.7 Å². The lowest BCUT2D eigenvalue weighted by atomic mass is 9.73. The second-order valence-electron chi connectivity index (χ2n) is 7.42. The van der Waals surface area contributed by atoms with Gasteiger partial charge in [0.15, 0.2) is 0 Å². The number of pyridine rings is 1. The summed E-state index contributed by atoms with van der Waals surface area (Å²) in [6, 6.07) is 8.11. The first-order chi connectivity index (χ1) is 12.1. The number of rotatable bonds is 3. The van der Waals surface area contributed by atoms with Crippen molar-refractivity contribution in [3.63, 3.8) is 0 Å². The third-order valence-corrected chi connectivity index (χ3v) is 5.70. The maximum atomic E-state index is 13.1. The number of amides is 2. The normalized spacial score (nSPS) is 26.2. The zero-order chi connectivity index (χ0) is 17.6. The number of carbonyl (C=O) groups excluding carboxylic acids is 1. The minimum Gasteiger partial charge on any atom is -0.311 e. The highest BCUT2D eigenvalue weighted by Gasteiger charge is 2.49. The van der Waals surface area contributed by atoms with Gasteiger partial charge < -0.3 is 4.90 Å². The van der Waals surface area contributed by atoms with Gasteiger partial charge in [0.25, 0.3) is 0 Å². The van der Waals surface area contributed by atoms with E-state index in [9.17, 15) is 4.79 Å². The van der Waals surface area contributed by atoms with Gasteiger partial charge in [0.05, 0.1) is 11.9 Å². The van der Waals surface area contributed by atoms with Crippen molar-refractivity contribution >= 4 is 22.5 Å². The van der Waals surface area contributed by atoms with Gasteiger partial charge in [-0.15, -0.1) is 0 Å². The number of aromatic nitrogens is 1. The summed E-state index contributed by atoms with van der Waals surface area (Å²) < 4.78 is 0. The summed E-state index contributed by atoms with van der Waals surface area (Å²) in [4.78, 5) is 24.7. The van der Waals surface area contributed by atoms with Crippen LogP contribution in [0.1, 0.15) is 26.7 Å². The molecular weight excluding hydrogens is 312 g/mol. The monoisotopic (exact) mass is 334 g/mol. The molecular formula is C20H22N4O. The number of anilines is 1. The number of urea groups is 1. The van der Waals surface area contributed by atoms with E-state index in [4.69, 9.17) is 6.57 Å². The molecule has 128 valence electrons. The van der Waals surface area contributed by atoms with Gasteiger partial charge >= 0.3 is 12.2 Å². The second-order valence-corrected chi connectivity index (χ2v) is 7.42. The summed E-state index contributed by atoms with van der Waals surface area (Å²) in [5.74, 6) is 1.35. The predicted molar refractivity (Wildman–Crippen MR) is 98.1 cm³/mol. The van der Waals surface area contributed by atoms with Crippen LogP contribution >= 0.6 is 0 Å². The molecule has 0 bridgehead atoms. The number of carbonyl (C=O) groups is 1. The van der Waals surface area contributed by atoms with Crippen LogP contribution in [0.15, 0.2) is 36.7 Å². The van der Waals surface area contributed by atoms with E-state index in [1.54, 1.807) is 17.3 Å². The minimum atomic E-state index is -0.474. The van der Waals surface area contributed by atoms with Crippen molar-refractivity contribution in [3.8, 4) is 0 Å². The molecule has 2 fully saturated rings. The molecule has 0 N–H and O–H groups in total. The standard InChI is InChI=1S/C20H22N4O/c1-13(2)15-8-16(9-15)23-12-19(21-3)24(20(23)25)18-11-22-10-14-6-4-5-7-17(14)18/h4-7,10-11,13,15-16,19H,8-9,12H2,1-2H3. The lowest BCUT2D eigenvalue weighted by Gasteiger charge is -2.42. The molecule has 1 aliphatic heterocycles. The number of fused-ring (bicyclic) bond motifs is 1. The van der Waals surface area contributed by atoms with Gasteiger partial charge in [-0.3, -0.25) is 9.83 Å². The molecule has 1 saturated carbocycles. The first kappa shape index (κ1) is 15.9. The van der Waals surface area contributed by atoms with E-state index >= 15 is 0 Å². The first-order valence-corrected chi connectivity index (χ1v) is 8.89. The van der Waals surface area contributed by atoms with Crippen LogP contribution in [0.25, 0.3) is 15.6 Å². The van der Waals surface area contributed by atoms with Crippen molar-refractivity contribution in [2.75, 3.05) is 11.4 Å². The average Bonchev–Trinajstić information content (AvgIpc) is 2.89. The number of benzene rings is 1. The van der Waals surface area contributed by atoms with Gasteiger partial charge in [-0.2, -0.15) is 0 Å². The van der Waals surface area contributed by atoms with E-state index in [2.05, 4.69) is 23.7 Å². The number of hydrogen-bond donors (Lipinski definition) is 0. The van der Waals surface area contributed by atoms with Crippen molar-refractivity contribution in [1.82, 2.24) is 9.88 Å². The Morgan fingerprint density at radius 2 is 2.00 bits per heavy atom. The fraction of sp³-hybridized carbons (Fsp3) is 0.450. The molecule has 1 atom stereocenters. The van der Waals surface area contributed by atoms with Crippen LogP contribution in [0.4, 0.5) is 10.5 Å². The molecule has 1 aromatic carbocycles. The van der Waals surface area contributed by atoms with Crippen LogP contribution in [0.2, 0.25) is 0 Å². The van der Waals surface area contributed by atoms with Gasteiger partial charge in [-0.25, -0.2) is 16.3 Å². The highest BCUT2D eigenvalue weighted by Crippen LogP contribution is 2.40. The summed E-state index contributed by atoms with van der Waals surface area (Å²) in [5, 5.41) is 1.95. The maximum absolute atomic E-state index is 13.1. The van der Waals surface area contributed by atoms with Crippen molar-refractivity contribution in [3.05, 3.63) is 48.1 Å². The summed E-state index contributed by atoms with van der Waals surface area (Å²) >= 11 is 0. The summed E-state index contributed by atoms with van der Waals surface area (Å²) in [7, 11) is 0.